The number of thiophene rings is 1. The van der Waals surface area contributed by atoms with Crippen molar-refractivity contribution in [2.24, 2.45) is 0 Å². The Balaban J connectivity index is 1.55. The highest BCUT2D eigenvalue weighted by molar-refractivity contribution is 7.11. The van der Waals surface area contributed by atoms with Crippen molar-refractivity contribution in [1.29, 1.82) is 0 Å². The first-order valence-electron chi connectivity index (χ1n) is 8.88. The summed E-state index contributed by atoms with van der Waals surface area (Å²) in [6.07, 6.45) is 3.74. The van der Waals surface area contributed by atoms with Gasteiger partial charge in [-0.2, -0.15) is 0 Å². The van der Waals surface area contributed by atoms with Gasteiger partial charge in [0.2, 0.25) is 0 Å². The van der Waals surface area contributed by atoms with Crippen LogP contribution in [0.5, 0.6) is 23.0 Å². The van der Waals surface area contributed by atoms with Gasteiger partial charge in [-0.05, 0) is 73.2 Å². The summed E-state index contributed by atoms with van der Waals surface area (Å²) in [6, 6.07) is 15.4. The van der Waals surface area contributed by atoms with Crippen LogP contribution in [0, 0.1) is 0 Å². The zero-order valence-electron chi connectivity index (χ0n) is 15.6. The topological polar surface area (TPSA) is 58.9 Å². The number of phenols is 2. The maximum atomic E-state index is 9.68. The third-order valence-corrected chi connectivity index (χ3v) is 5.73. The molecule has 1 heterocycles. The Morgan fingerprint density at radius 2 is 1.11 bits per heavy atom. The Bertz CT molecular complexity index is 829. The standard InChI is InChI=1S/C22H24O4S/c1-25-21-13-15(5-11-19(21)23)3-7-17-9-10-18(27-17)8-4-16-6-12-20(24)22(14-16)26-2/h5-6,9-14,23-24H,3-4,7-8H2,1-2H3. The molecule has 0 unspecified atom stereocenters. The number of aromatic hydroxyl groups is 2. The van der Waals surface area contributed by atoms with Crippen molar-refractivity contribution >= 4 is 11.3 Å². The lowest BCUT2D eigenvalue weighted by atomic mass is 10.1. The van der Waals surface area contributed by atoms with Gasteiger partial charge in [0.1, 0.15) is 0 Å². The number of methoxy groups -OCH3 is 2. The predicted octanol–water partition coefficient (Wildman–Crippen LogP) is 4.75. The van der Waals surface area contributed by atoms with E-state index in [4.69, 9.17) is 9.47 Å². The first kappa shape index (κ1) is 19.1. The van der Waals surface area contributed by atoms with Gasteiger partial charge in [0, 0.05) is 9.75 Å². The highest BCUT2D eigenvalue weighted by atomic mass is 32.1. The van der Waals surface area contributed by atoms with Crippen molar-refractivity contribution in [3.8, 4) is 23.0 Å². The summed E-state index contributed by atoms with van der Waals surface area (Å²) in [4.78, 5) is 2.70. The Kier molecular flexibility index (Phi) is 6.24. The number of hydrogen-bond donors (Lipinski definition) is 2. The van der Waals surface area contributed by atoms with Crippen LogP contribution in [0.4, 0.5) is 0 Å². The van der Waals surface area contributed by atoms with E-state index in [0.29, 0.717) is 11.5 Å². The molecule has 0 atom stereocenters. The van der Waals surface area contributed by atoms with Gasteiger partial charge in [-0.25, -0.2) is 0 Å². The largest absolute Gasteiger partial charge is 0.504 e. The fraction of sp³-hybridized carbons (Fsp3) is 0.273. The zero-order valence-corrected chi connectivity index (χ0v) is 16.4. The van der Waals surface area contributed by atoms with Crippen LogP contribution in [0.3, 0.4) is 0 Å². The number of hydrogen-bond acceptors (Lipinski definition) is 5. The first-order valence-corrected chi connectivity index (χ1v) is 9.70. The Hall–Kier alpha value is -2.66. The van der Waals surface area contributed by atoms with E-state index < -0.39 is 0 Å². The van der Waals surface area contributed by atoms with Crippen molar-refractivity contribution in [1.82, 2.24) is 0 Å². The zero-order chi connectivity index (χ0) is 19.2. The quantitative estimate of drug-likeness (QED) is 0.589. The minimum absolute atomic E-state index is 0.172. The molecule has 0 fully saturated rings. The molecule has 2 N–H and O–H groups in total. The Morgan fingerprint density at radius 3 is 1.52 bits per heavy atom. The van der Waals surface area contributed by atoms with E-state index in [1.807, 2.05) is 35.6 Å². The van der Waals surface area contributed by atoms with Gasteiger partial charge in [0.15, 0.2) is 23.0 Å². The van der Waals surface area contributed by atoms with E-state index in [1.165, 1.54) is 9.75 Å². The van der Waals surface area contributed by atoms with E-state index in [-0.39, 0.29) is 11.5 Å². The molecule has 4 nitrogen and oxygen atoms in total. The van der Waals surface area contributed by atoms with Crippen molar-refractivity contribution in [3.63, 3.8) is 0 Å². The lowest BCUT2D eigenvalue weighted by Crippen LogP contribution is -1.91. The van der Waals surface area contributed by atoms with Crippen LogP contribution >= 0.6 is 11.3 Å². The molecule has 3 rings (SSSR count). The summed E-state index contributed by atoms with van der Waals surface area (Å²) >= 11 is 1.84. The fourth-order valence-corrected chi connectivity index (χ4v) is 4.00. The van der Waals surface area contributed by atoms with Crippen molar-refractivity contribution < 1.29 is 19.7 Å². The fourth-order valence-electron chi connectivity index (χ4n) is 2.98. The molecule has 0 aliphatic heterocycles. The monoisotopic (exact) mass is 384 g/mol. The van der Waals surface area contributed by atoms with Gasteiger partial charge in [-0.15, -0.1) is 11.3 Å². The van der Waals surface area contributed by atoms with Gasteiger partial charge < -0.3 is 19.7 Å². The molecule has 1 aromatic heterocycles. The molecule has 2 aromatic carbocycles. The number of rotatable bonds is 8. The summed E-state index contributed by atoms with van der Waals surface area (Å²) in [5.74, 6) is 1.38. The summed E-state index contributed by atoms with van der Waals surface area (Å²) in [7, 11) is 3.13. The summed E-state index contributed by atoms with van der Waals surface area (Å²) < 4.78 is 10.3. The number of phenolic OH excluding ortho intramolecular Hbond substituents is 2. The van der Waals surface area contributed by atoms with Gasteiger partial charge >= 0.3 is 0 Å². The second-order valence-electron chi connectivity index (χ2n) is 6.38. The highest BCUT2D eigenvalue weighted by Gasteiger charge is 2.07. The highest BCUT2D eigenvalue weighted by Crippen LogP contribution is 2.29. The summed E-state index contributed by atoms with van der Waals surface area (Å²) in [5, 5.41) is 19.4. The molecular formula is C22H24O4S. The molecule has 0 saturated heterocycles. The van der Waals surface area contributed by atoms with E-state index >= 15 is 0 Å². The van der Waals surface area contributed by atoms with E-state index in [1.54, 1.807) is 26.4 Å². The van der Waals surface area contributed by atoms with Crippen molar-refractivity contribution in [2.75, 3.05) is 14.2 Å². The predicted molar refractivity (Wildman–Crippen MR) is 108 cm³/mol. The molecule has 0 amide bonds. The van der Waals surface area contributed by atoms with Crippen LogP contribution in [0.1, 0.15) is 20.9 Å². The summed E-state index contributed by atoms with van der Waals surface area (Å²) in [5.41, 5.74) is 2.30. The van der Waals surface area contributed by atoms with Crippen LogP contribution in [-0.4, -0.2) is 24.4 Å². The average Bonchev–Trinajstić information content (AvgIpc) is 3.14. The minimum Gasteiger partial charge on any atom is -0.504 e. The molecule has 0 bridgehead atoms. The number of aryl methyl sites for hydroxylation is 4. The molecule has 3 aromatic rings. The lowest BCUT2D eigenvalue weighted by Gasteiger charge is -2.06. The molecule has 142 valence electrons. The average molecular weight is 384 g/mol. The third kappa shape index (κ3) is 4.95. The Morgan fingerprint density at radius 1 is 0.667 bits per heavy atom. The van der Waals surface area contributed by atoms with E-state index in [0.717, 1.165) is 36.8 Å². The molecule has 0 aliphatic rings. The SMILES string of the molecule is COc1cc(CCc2ccc(CCc3ccc(O)c(OC)c3)s2)ccc1O. The van der Waals surface area contributed by atoms with Gasteiger partial charge in [-0.3, -0.25) is 0 Å². The van der Waals surface area contributed by atoms with Crippen LogP contribution in [0.25, 0.3) is 0 Å². The summed E-state index contributed by atoms with van der Waals surface area (Å²) in [6.45, 7) is 0. The minimum atomic E-state index is 0.172. The second-order valence-corrected chi connectivity index (χ2v) is 7.63. The van der Waals surface area contributed by atoms with Gasteiger partial charge in [-0.1, -0.05) is 12.1 Å². The smallest absolute Gasteiger partial charge is 0.160 e. The maximum absolute atomic E-state index is 9.68. The van der Waals surface area contributed by atoms with Crippen LogP contribution in [-0.2, 0) is 25.7 Å². The second kappa shape index (κ2) is 8.82. The number of ether oxygens (including phenoxy) is 2. The van der Waals surface area contributed by atoms with Gasteiger partial charge in [0.05, 0.1) is 14.2 Å². The van der Waals surface area contributed by atoms with Crippen molar-refractivity contribution in [3.05, 3.63) is 69.4 Å². The molecule has 0 aliphatic carbocycles. The molecular weight excluding hydrogens is 360 g/mol. The molecule has 5 heteroatoms. The van der Waals surface area contributed by atoms with E-state index in [2.05, 4.69) is 12.1 Å². The molecule has 27 heavy (non-hydrogen) atoms. The normalized spacial score (nSPS) is 10.7. The van der Waals surface area contributed by atoms with Crippen LogP contribution in [0.2, 0.25) is 0 Å². The molecule has 0 spiro atoms. The molecule has 0 saturated carbocycles. The van der Waals surface area contributed by atoms with Crippen LogP contribution in [0.15, 0.2) is 48.5 Å². The third-order valence-electron chi connectivity index (χ3n) is 4.53. The molecule has 0 radical (unpaired) electrons. The van der Waals surface area contributed by atoms with Gasteiger partial charge in [0.25, 0.3) is 0 Å². The Labute approximate surface area is 163 Å². The maximum Gasteiger partial charge on any atom is 0.160 e. The number of benzene rings is 2. The van der Waals surface area contributed by atoms with E-state index in [9.17, 15) is 10.2 Å². The van der Waals surface area contributed by atoms with Crippen molar-refractivity contribution in [2.45, 2.75) is 25.7 Å². The van der Waals surface area contributed by atoms with Crippen LogP contribution < -0.4 is 9.47 Å². The first-order chi connectivity index (χ1) is 13.1. The lowest BCUT2D eigenvalue weighted by molar-refractivity contribution is 0.373.